The molecule has 2 saturated heterocycles. The van der Waals surface area contributed by atoms with E-state index >= 15 is 0 Å². The average Bonchev–Trinajstić information content (AvgIpc) is 3.30. The van der Waals surface area contributed by atoms with Crippen LogP contribution in [0.4, 0.5) is 11.4 Å². The van der Waals surface area contributed by atoms with Crippen molar-refractivity contribution < 1.29 is 22.7 Å². The van der Waals surface area contributed by atoms with E-state index in [0.717, 1.165) is 30.0 Å². The molecule has 0 aliphatic carbocycles. The normalized spacial score (nSPS) is 21.7. The number of nitrogens with zero attached hydrogens (tertiary/aromatic N) is 3. The smallest absolute Gasteiger partial charge is 0.252 e. The number of amides is 1. The van der Waals surface area contributed by atoms with E-state index in [1.807, 2.05) is 35.2 Å². The van der Waals surface area contributed by atoms with E-state index in [1.54, 1.807) is 26.4 Å². The monoisotopic (exact) mass is 517 g/mol. The molecule has 0 radical (unpaired) electrons. The highest BCUT2D eigenvalue weighted by atomic mass is 32.2. The molecule has 2 atom stereocenters. The Bertz CT molecular complexity index is 1210. The van der Waals surface area contributed by atoms with Crippen molar-refractivity contribution in [1.82, 2.24) is 0 Å². The highest BCUT2D eigenvalue weighted by Gasteiger charge is 2.49. The minimum atomic E-state index is -3.13. The minimum absolute atomic E-state index is 0.0609. The Hall–Kier alpha value is -2.72. The van der Waals surface area contributed by atoms with Crippen LogP contribution in [0.1, 0.15) is 19.4 Å². The molecule has 2 heterocycles. The van der Waals surface area contributed by atoms with Crippen molar-refractivity contribution in [2.45, 2.75) is 31.6 Å². The molecular formula is C25H31N3O5S2. The summed E-state index contributed by atoms with van der Waals surface area (Å²) < 4.78 is 35.3. The summed E-state index contributed by atoms with van der Waals surface area (Å²) in [6.45, 7) is 6.01. The Morgan fingerprint density at radius 2 is 1.74 bits per heavy atom. The third-order valence-electron chi connectivity index (χ3n) is 6.35. The topological polar surface area (TPSA) is 88.5 Å². The van der Waals surface area contributed by atoms with Gasteiger partial charge in [-0.15, -0.1) is 0 Å². The second kappa shape index (κ2) is 10.5. The van der Waals surface area contributed by atoms with Crippen molar-refractivity contribution in [3.05, 3.63) is 48.0 Å². The fourth-order valence-corrected chi connectivity index (χ4v) is 8.52. The highest BCUT2D eigenvalue weighted by molar-refractivity contribution is 8.16. The van der Waals surface area contributed by atoms with Crippen LogP contribution in [0.15, 0.2) is 47.5 Å². The first-order valence-corrected chi connectivity index (χ1v) is 14.3. The number of carbonyl (C=O) groups excluding carboxylic acids is 1. The quantitative estimate of drug-likeness (QED) is 0.527. The summed E-state index contributed by atoms with van der Waals surface area (Å²) in [7, 11) is -0.0148. The summed E-state index contributed by atoms with van der Waals surface area (Å²) in [6.07, 6.45) is 0.104. The molecule has 2 unspecified atom stereocenters. The molecular weight excluding hydrogens is 486 g/mol. The van der Waals surface area contributed by atoms with Gasteiger partial charge in [0, 0.05) is 29.7 Å². The zero-order valence-corrected chi connectivity index (χ0v) is 22.1. The van der Waals surface area contributed by atoms with E-state index in [1.165, 1.54) is 11.8 Å². The molecule has 8 nitrogen and oxygen atoms in total. The summed E-state index contributed by atoms with van der Waals surface area (Å²) in [6, 6.07) is 13.1. The van der Waals surface area contributed by atoms with Gasteiger partial charge in [0.1, 0.15) is 0 Å². The number of benzene rings is 2. The molecule has 0 bridgehead atoms. The summed E-state index contributed by atoms with van der Waals surface area (Å²) in [5.74, 6) is 1.00. The molecule has 0 N–H and O–H groups in total. The maximum absolute atomic E-state index is 12.9. The lowest BCUT2D eigenvalue weighted by Crippen LogP contribution is -2.37. The Morgan fingerprint density at radius 3 is 2.37 bits per heavy atom. The number of sulfone groups is 1. The van der Waals surface area contributed by atoms with Crippen LogP contribution < -0.4 is 19.3 Å². The number of hydrogen-bond acceptors (Lipinski definition) is 7. The predicted molar refractivity (Wildman–Crippen MR) is 142 cm³/mol. The standard InChI is InChI=1S/C25H31N3O5S2/c1-5-27(6-2)18-8-10-19(11-9-18)28-20-15-35(30,31)16-23(20)34-25(28)26-24(29)14-17-7-12-21(32-3)22(13-17)33-4/h7-13,20,23H,5-6,14-16H2,1-4H3. The van der Waals surface area contributed by atoms with Gasteiger partial charge in [-0.05, 0) is 55.8 Å². The summed E-state index contributed by atoms with van der Waals surface area (Å²) in [5.41, 5.74) is 2.71. The maximum atomic E-state index is 12.9. The van der Waals surface area contributed by atoms with Gasteiger partial charge in [-0.1, -0.05) is 17.8 Å². The number of rotatable bonds is 8. The number of hydrogen-bond donors (Lipinski definition) is 0. The van der Waals surface area contributed by atoms with E-state index in [2.05, 4.69) is 23.7 Å². The molecule has 1 amide bonds. The van der Waals surface area contributed by atoms with Gasteiger partial charge in [-0.3, -0.25) is 4.79 Å². The third-order valence-corrected chi connectivity index (χ3v) is 9.56. The number of methoxy groups -OCH3 is 2. The molecule has 0 aromatic heterocycles. The zero-order valence-electron chi connectivity index (χ0n) is 20.4. The molecule has 2 aromatic carbocycles. The van der Waals surface area contributed by atoms with Crippen LogP contribution in [0.5, 0.6) is 11.5 Å². The molecule has 4 rings (SSSR count). The Morgan fingerprint density at radius 1 is 1.06 bits per heavy atom. The van der Waals surface area contributed by atoms with Crippen molar-refractivity contribution >= 4 is 44.0 Å². The van der Waals surface area contributed by atoms with Crippen LogP contribution in [0, 0.1) is 0 Å². The van der Waals surface area contributed by atoms with Gasteiger partial charge in [0.25, 0.3) is 5.91 Å². The molecule has 0 saturated carbocycles. The maximum Gasteiger partial charge on any atom is 0.252 e. The lowest BCUT2D eigenvalue weighted by atomic mass is 10.1. The Balaban J connectivity index is 1.61. The van der Waals surface area contributed by atoms with E-state index in [4.69, 9.17) is 9.47 Å². The summed E-state index contributed by atoms with van der Waals surface area (Å²) in [4.78, 5) is 21.6. The lowest BCUT2D eigenvalue weighted by Gasteiger charge is -2.26. The number of fused-ring (bicyclic) bond motifs is 1. The van der Waals surface area contributed by atoms with Crippen molar-refractivity contribution in [2.75, 3.05) is 48.6 Å². The molecule has 2 aliphatic heterocycles. The largest absolute Gasteiger partial charge is 0.493 e. The minimum Gasteiger partial charge on any atom is -0.493 e. The highest BCUT2D eigenvalue weighted by Crippen LogP contribution is 2.41. The molecule has 188 valence electrons. The van der Waals surface area contributed by atoms with Crippen molar-refractivity contribution in [2.24, 2.45) is 4.99 Å². The fraction of sp³-hybridized carbons (Fsp3) is 0.440. The zero-order chi connectivity index (χ0) is 25.2. The first-order valence-electron chi connectivity index (χ1n) is 11.6. The number of anilines is 2. The third kappa shape index (κ3) is 5.43. The van der Waals surface area contributed by atoms with Gasteiger partial charge >= 0.3 is 0 Å². The van der Waals surface area contributed by atoms with Crippen molar-refractivity contribution in [3.8, 4) is 11.5 Å². The fourth-order valence-electron chi connectivity index (χ4n) is 4.59. The number of ether oxygens (including phenoxy) is 2. The Kier molecular flexibility index (Phi) is 7.61. The van der Waals surface area contributed by atoms with Gasteiger partial charge in [-0.25, -0.2) is 8.42 Å². The molecule has 2 fully saturated rings. The van der Waals surface area contributed by atoms with Gasteiger partial charge in [-0.2, -0.15) is 4.99 Å². The van der Waals surface area contributed by atoms with E-state index in [9.17, 15) is 13.2 Å². The second-order valence-electron chi connectivity index (χ2n) is 8.51. The second-order valence-corrected chi connectivity index (χ2v) is 11.9. The molecule has 0 spiro atoms. The number of carbonyl (C=O) groups is 1. The Labute approximate surface area is 211 Å². The van der Waals surface area contributed by atoms with Gasteiger partial charge in [0.2, 0.25) is 0 Å². The predicted octanol–water partition coefficient (Wildman–Crippen LogP) is 3.39. The SMILES string of the molecule is CCN(CC)c1ccc(N2C(=NC(=O)Cc3ccc(OC)c(OC)c3)SC3CS(=O)(=O)CC32)cc1. The lowest BCUT2D eigenvalue weighted by molar-refractivity contribution is -0.117. The first kappa shape index (κ1) is 25.4. The molecule has 2 aromatic rings. The molecule has 10 heteroatoms. The van der Waals surface area contributed by atoms with E-state index < -0.39 is 9.84 Å². The van der Waals surface area contributed by atoms with Gasteiger partial charge in [0.15, 0.2) is 26.5 Å². The van der Waals surface area contributed by atoms with Crippen LogP contribution in [-0.2, 0) is 21.1 Å². The van der Waals surface area contributed by atoms with E-state index in [0.29, 0.717) is 16.7 Å². The van der Waals surface area contributed by atoms with Crippen LogP contribution in [0.2, 0.25) is 0 Å². The van der Waals surface area contributed by atoms with Crippen molar-refractivity contribution in [1.29, 1.82) is 0 Å². The molecule has 2 aliphatic rings. The summed E-state index contributed by atoms with van der Waals surface area (Å²) in [5, 5.41) is 0.408. The molecule has 35 heavy (non-hydrogen) atoms. The van der Waals surface area contributed by atoms with Gasteiger partial charge in [0.05, 0.1) is 38.2 Å². The van der Waals surface area contributed by atoms with Crippen LogP contribution in [-0.4, -0.2) is 69.6 Å². The average molecular weight is 518 g/mol. The summed E-state index contributed by atoms with van der Waals surface area (Å²) >= 11 is 1.38. The van der Waals surface area contributed by atoms with Crippen LogP contribution in [0.3, 0.4) is 0 Å². The first-order chi connectivity index (χ1) is 16.8. The number of aliphatic imine (C=N–C) groups is 1. The van der Waals surface area contributed by atoms with Crippen molar-refractivity contribution in [3.63, 3.8) is 0 Å². The van der Waals surface area contributed by atoms with Gasteiger partial charge < -0.3 is 19.3 Å². The van der Waals surface area contributed by atoms with Crippen LogP contribution in [0.25, 0.3) is 0 Å². The van der Waals surface area contributed by atoms with E-state index in [-0.39, 0.29) is 35.1 Å². The number of thioether (sulfide) groups is 1. The number of amidine groups is 1. The van der Waals surface area contributed by atoms with Crippen LogP contribution >= 0.6 is 11.8 Å².